The number of hydrogen-bond acceptors (Lipinski definition) is 4. The topological polar surface area (TPSA) is 76.0 Å². The molecule has 1 heterocycles. The highest BCUT2D eigenvalue weighted by molar-refractivity contribution is 6.55. The zero-order valence-corrected chi connectivity index (χ0v) is 14.3. The van der Waals surface area contributed by atoms with Gasteiger partial charge < -0.3 is 19.5 Å². The molecule has 1 fully saturated rings. The Morgan fingerprint density at radius 2 is 1.83 bits per heavy atom. The van der Waals surface area contributed by atoms with Crippen LogP contribution < -0.4 is 0 Å². The quantitative estimate of drug-likeness (QED) is 0.808. The van der Waals surface area contributed by atoms with Crippen molar-refractivity contribution in [1.82, 2.24) is 0 Å². The standard InChI is InChI=1S/C17H22BFO5/c1-16(2)17(3,4)24-18(23-16)13(10-20)7-11-5-6-14(19)8-12(11)9-15(21)22/h5-8,20H,9-10H2,1-4H3,(H,21,22). The second kappa shape index (κ2) is 6.66. The van der Waals surface area contributed by atoms with Gasteiger partial charge in [0, 0.05) is 0 Å². The molecular formula is C17H22BFO5. The predicted octanol–water partition coefficient (Wildman–Crippen LogP) is 2.46. The Bertz CT molecular complexity index is 653. The van der Waals surface area contributed by atoms with Gasteiger partial charge in [-0.3, -0.25) is 4.79 Å². The largest absolute Gasteiger partial charge is 0.492 e. The van der Waals surface area contributed by atoms with Gasteiger partial charge in [-0.05, 0) is 56.4 Å². The number of aliphatic hydroxyl groups excluding tert-OH is 1. The molecule has 1 aliphatic rings. The minimum atomic E-state index is -1.06. The summed E-state index contributed by atoms with van der Waals surface area (Å²) in [6.45, 7) is 7.28. The van der Waals surface area contributed by atoms with Crippen molar-refractivity contribution in [3.63, 3.8) is 0 Å². The van der Waals surface area contributed by atoms with Crippen molar-refractivity contribution >= 4 is 19.2 Å². The fraction of sp³-hybridized carbons (Fsp3) is 0.471. The van der Waals surface area contributed by atoms with Crippen LogP contribution in [0.15, 0.2) is 23.7 Å². The predicted molar refractivity (Wildman–Crippen MR) is 88.9 cm³/mol. The van der Waals surface area contributed by atoms with Gasteiger partial charge in [0.2, 0.25) is 0 Å². The Morgan fingerprint density at radius 1 is 1.25 bits per heavy atom. The minimum absolute atomic E-state index is 0.314. The van der Waals surface area contributed by atoms with Crippen LogP contribution in [0.4, 0.5) is 4.39 Å². The zero-order valence-electron chi connectivity index (χ0n) is 14.3. The fourth-order valence-corrected chi connectivity index (χ4v) is 2.41. The first-order valence-electron chi connectivity index (χ1n) is 7.73. The minimum Gasteiger partial charge on any atom is -0.481 e. The molecule has 0 radical (unpaired) electrons. The van der Waals surface area contributed by atoms with Crippen molar-refractivity contribution in [2.24, 2.45) is 0 Å². The molecule has 24 heavy (non-hydrogen) atoms. The Kier molecular flexibility index (Phi) is 5.18. The van der Waals surface area contributed by atoms with Gasteiger partial charge in [-0.25, -0.2) is 4.39 Å². The average molecular weight is 336 g/mol. The van der Waals surface area contributed by atoms with Crippen LogP contribution in [0, 0.1) is 5.82 Å². The Labute approximate surface area is 141 Å². The van der Waals surface area contributed by atoms with E-state index in [1.54, 1.807) is 6.08 Å². The molecule has 5 nitrogen and oxygen atoms in total. The lowest BCUT2D eigenvalue weighted by Gasteiger charge is -2.32. The van der Waals surface area contributed by atoms with Crippen molar-refractivity contribution in [2.45, 2.75) is 45.3 Å². The summed E-state index contributed by atoms with van der Waals surface area (Å²) in [6, 6.07) is 3.91. The maximum Gasteiger partial charge on any atom is 0.492 e. The average Bonchev–Trinajstić information content (AvgIpc) is 2.66. The molecule has 7 heteroatoms. The highest BCUT2D eigenvalue weighted by Gasteiger charge is 2.52. The molecule has 1 aromatic rings. The van der Waals surface area contributed by atoms with E-state index in [1.165, 1.54) is 18.2 Å². The number of hydrogen-bond donors (Lipinski definition) is 2. The van der Waals surface area contributed by atoms with Gasteiger partial charge in [0.1, 0.15) is 5.82 Å². The van der Waals surface area contributed by atoms with Crippen molar-refractivity contribution in [1.29, 1.82) is 0 Å². The van der Waals surface area contributed by atoms with E-state index < -0.39 is 30.1 Å². The SMILES string of the molecule is CC1(C)OB(C(=Cc2ccc(F)cc2CC(=O)O)CO)OC1(C)C. The number of benzene rings is 1. The van der Waals surface area contributed by atoms with Crippen molar-refractivity contribution < 1.29 is 28.7 Å². The summed E-state index contributed by atoms with van der Waals surface area (Å²) in [7, 11) is -0.747. The van der Waals surface area contributed by atoms with Crippen LogP contribution in [0.5, 0.6) is 0 Å². The molecule has 0 unspecified atom stereocenters. The van der Waals surface area contributed by atoms with E-state index in [-0.39, 0.29) is 13.0 Å². The molecule has 130 valence electrons. The number of rotatable bonds is 5. The molecule has 1 saturated heterocycles. The Morgan fingerprint density at radius 3 is 2.33 bits per heavy atom. The second-order valence-corrected chi connectivity index (χ2v) is 6.88. The van der Waals surface area contributed by atoms with Gasteiger partial charge in [0.25, 0.3) is 0 Å². The zero-order chi connectivity index (χ0) is 18.1. The smallest absolute Gasteiger partial charge is 0.481 e. The molecule has 0 atom stereocenters. The molecule has 0 amide bonds. The summed E-state index contributed by atoms with van der Waals surface area (Å²) in [5, 5.41) is 18.7. The third kappa shape index (κ3) is 3.86. The van der Waals surface area contributed by atoms with Gasteiger partial charge in [-0.2, -0.15) is 0 Å². The van der Waals surface area contributed by atoms with Crippen LogP contribution in [-0.2, 0) is 20.5 Å². The normalized spacial score (nSPS) is 19.6. The van der Waals surface area contributed by atoms with E-state index in [1.807, 2.05) is 27.7 Å². The molecule has 2 N–H and O–H groups in total. The van der Waals surface area contributed by atoms with Gasteiger partial charge in [-0.15, -0.1) is 0 Å². The first kappa shape index (κ1) is 18.6. The number of carboxylic acids is 1. The Balaban J connectivity index is 2.37. The van der Waals surface area contributed by atoms with Crippen LogP contribution in [0.1, 0.15) is 38.8 Å². The second-order valence-electron chi connectivity index (χ2n) is 6.88. The van der Waals surface area contributed by atoms with Crippen molar-refractivity contribution in [3.8, 4) is 0 Å². The molecule has 0 aromatic heterocycles. The molecule has 2 rings (SSSR count). The number of halogens is 1. The van der Waals surface area contributed by atoms with Gasteiger partial charge >= 0.3 is 13.1 Å². The van der Waals surface area contributed by atoms with E-state index in [4.69, 9.17) is 14.4 Å². The summed E-state index contributed by atoms with van der Waals surface area (Å²) < 4.78 is 25.2. The maximum absolute atomic E-state index is 13.4. The number of carboxylic acid groups (broad SMARTS) is 1. The summed E-state index contributed by atoms with van der Waals surface area (Å²) in [5.41, 5.74) is 0.173. The lowest BCUT2D eigenvalue weighted by Crippen LogP contribution is -2.41. The highest BCUT2D eigenvalue weighted by atomic mass is 19.1. The molecular weight excluding hydrogens is 314 g/mol. The number of aliphatic hydroxyl groups is 1. The van der Waals surface area contributed by atoms with Crippen LogP contribution in [-0.4, -0.2) is 41.1 Å². The summed E-state index contributed by atoms with van der Waals surface area (Å²) >= 11 is 0. The van der Waals surface area contributed by atoms with Crippen LogP contribution >= 0.6 is 0 Å². The van der Waals surface area contributed by atoms with Crippen LogP contribution in [0.2, 0.25) is 0 Å². The van der Waals surface area contributed by atoms with Crippen LogP contribution in [0.3, 0.4) is 0 Å². The van der Waals surface area contributed by atoms with E-state index in [0.29, 0.717) is 16.6 Å². The molecule has 0 bridgehead atoms. The summed E-state index contributed by atoms with van der Waals surface area (Å²) in [5.74, 6) is -1.57. The molecule has 1 aliphatic heterocycles. The maximum atomic E-state index is 13.4. The van der Waals surface area contributed by atoms with E-state index in [2.05, 4.69) is 0 Å². The summed E-state index contributed by atoms with van der Waals surface area (Å²) in [6.07, 6.45) is 1.28. The first-order chi connectivity index (χ1) is 11.1. The molecule has 0 spiro atoms. The molecule has 0 aliphatic carbocycles. The van der Waals surface area contributed by atoms with Gasteiger partial charge in [-0.1, -0.05) is 12.1 Å². The van der Waals surface area contributed by atoms with E-state index in [0.717, 1.165) is 0 Å². The lowest BCUT2D eigenvalue weighted by atomic mass is 9.77. The third-order valence-corrected chi connectivity index (χ3v) is 4.53. The lowest BCUT2D eigenvalue weighted by molar-refractivity contribution is -0.136. The summed E-state index contributed by atoms with van der Waals surface area (Å²) in [4.78, 5) is 11.0. The Hall–Kier alpha value is -1.70. The monoisotopic (exact) mass is 336 g/mol. The van der Waals surface area contributed by atoms with Crippen molar-refractivity contribution in [2.75, 3.05) is 6.61 Å². The number of carbonyl (C=O) groups is 1. The molecule has 1 aromatic carbocycles. The van der Waals surface area contributed by atoms with Gasteiger partial charge in [0.05, 0.1) is 24.2 Å². The fourth-order valence-electron chi connectivity index (χ4n) is 2.41. The van der Waals surface area contributed by atoms with E-state index in [9.17, 15) is 14.3 Å². The highest BCUT2D eigenvalue weighted by Crippen LogP contribution is 2.38. The van der Waals surface area contributed by atoms with Crippen LogP contribution in [0.25, 0.3) is 6.08 Å². The van der Waals surface area contributed by atoms with Gasteiger partial charge in [0.15, 0.2) is 0 Å². The number of aliphatic carboxylic acids is 1. The van der Waals surface area contributed by atoms with E-state index >= 15 is 0 Å². The first-order valence-corrected chi connectivity index (χ1v) is 7.73. The third-order valence-electron chi connectivity index (χ3n) is 4.53. The molecule has 0 saturated carbocycles. The van der Waals surface area contributed by atoms with Crippen molar-refractivity contribution in [3.05, 3.63) is 40.6 Å².